The van der Waals surface area contributed by atoms with Gasteiger partial charge in [-0.3, -0.25) is 19.1 Å². The van der Waals surface area contributed by atoms with Crippen LogP contribution in [0.4, 0.5) is 4.39 Å². The fourth-order valence-corrected chi connectivity index (χ4v) is 4.10. The Hall–Kier alpha value is -4.86. The number of pyridine rings is 1. The number of hydrogen-bond acceptors (Lipinski definition) is 5. The predicted molar refractivity (Wildman–Crippen MR) is 137 cm³/mol. The SMILES string of the molecule is CCCn1c(=O)[nH]c(=O)c2cc(C(=O)NCc3cn(-c4ccccc4)nc3-c3ccc(F)cc3)cnc21. The molecule has 3 aromatic heterocycles. The van der Waals surface area contributed by atoms with E-state index in [0.717, 1.165) is 5.69 Å². The van der Waals surface area contributed by atoms with Crippen LogP contribution in [0.1, 0.15) is 29.3 Å². The molecule has 0 saturated heterocycles. The van der Waals surface area contributed by atoms with Crippen LogP contribution in [0.25, 0.3) is 28.0 Å². The Morgan fingerprint density at radius 2 is 1.84 bits per heavy atom. The van der Waals surface area contributed by atoms with Crippen molar-refractivity contribution in [1.82, 2.24) is 29.6 Å². The van der Waals surface area contributed by atoms with Gasteiger partial charge in [0.15, 0.2) is 0 Å². The summed E-state index contributed by atoms with van der Waals surface area (Å²) in [5.74, 6) is -0.802. The van der Waals surface area contributed by atoms with Crippen molar-refractivity contribution in [3.8, 4) is 16.9 Å². The number of rotatable bonds is 7. The van der Waals surface area contributed by atoms with E-state index in [1.165, 1.54) is 29.0 Å². The fourth-order valence-electron chi connectivity index (χ4n) is 4.10. The molecular weight excluding hydrogens is 475 g/mol. The fraction of sp³-hybridized carbons (Fsp3) is 0.148. The average Bonchev–Trinajstić information content (AvgIpc) is 3.34. The van der Waals surface area contributed by atoms with Crippen molar-refractivity contribution in [2.45, 2.75) is 26.4 Å². The summed E-state index contributed by atoms with van der Waals surface area (Å²) in [7, 11) is 0. The number of halogens is 1. The number of aromatic amines is 1. The van der Waals surface area contributed by atoms with Gasteiger partial charge in [-0.05, 0) is 48.9 Å². The summed E-state index contributed by atoms with van der Waals surface area (Å²) in [6, 6.07) is 16.9. The Labute approximate surface area is 210 Å². The van der Waals surface area contributed by atoms with E-state index >= 15 is 0 Å². The number of benzene rings is 2. The number of hydrogen-bond donors (Lipinski definition) is 2. The molecule has 2 aromatic carbocycles. The Bertz CT molecular complexity index is 1710. The largest absolute Gasteiger partial charge is 0.348 e. The lowest BCUT2D eigenvalue weighted by molar-refractivity contribution is 0.0950. The van der Waals surface area contributed by atoms with Crippen LogP contribution in [0, 0.1) is 5.82 Å². The number of aryl methyl sites for hydroxylation is 1. The molecular formula is C27H23FN6O3. The zero-order valence-corrected chi connectivity index (χ0v) is 19.9. The normalized spacial score (nSPS) is 11.1. The standard InChI is InChI=1S/C27H23FN6O3/c1-2-12-33-24-22(26(36)31-27(33)37)13-18(14-29-24)25(35)30-15-19-16-34(21-6-4-3-5-7-21)32-23(19)17-8-10-20(28)11-9-17/h3-11,13-14,16H,2,12,15H2,1H3,(H,30,35)(H,31,36,37). The van der Waals surface area contributed by atoms with Gasteiger partial charge in [0.05, 0.1) is 22.3 Å². The zero-order chi connectivity index (χ0) is 25.9. The molecule has 0 bridgehead atoms. The lowest BCUT2D eigenvalue weighted by Crippen LogP contribution is -2.31. The van der Waals surface area contributed by atoms with Gasteiger partial charge in [0, 0.05) is 36.6 Å². The van der Waals surface area contributed by atoms with Crippen molar-refractivity contribution in [3.05, 3.63) is 111 Å². The van der Waals surface area contributed by atoms with E-state index in [2.05, 4.69) is 20.4 Å². The van der Waals surface area contributed by atoms with Crippen LogP contribution in [-0.4, -0.2) is 30.2 Å². The number of H-pyrrole nitrogens is 1. The number of carbonyl (C=O) groups excluding carboxylic acids is 1. The number of aromatic nitrogens is 5. The maximum absolute atomic E-state index is 13.5. The molecule has 0 fully saturated rings. The molecule has 0 spiro atoms. The van der Waals surface area contributed by atoms with Crippen molar-refractivity contribution < 1.29 is 9.18 Å². The number of nitrogens with zero attached hydrogens (tertiary/aromatic N) is 4. The molecule has 0 radical (unpaired) electrons. The Morgan fingerprint density at radius 3 is 2.57 bits per heavy atom. The van der Waals surface area contributed by atoms with Crippen LogP contribution in [0.5, 0.6) is 0 Å². The summed E-state index contributed by atoms with van der Waals surface area (Å²) >= 11 is 0. The number of fused-ring (bicyclic) bond motifs is 1. The number of nitrogens with one attached hydrogen (secondary N) is 2. The Kier molecular flexibility index (Phi) is 6.46. The molecule has 9 nitrogen and oxygen atoms in total. The monoisotopic (exact) mass is 498 g/mol. The van der Waals surface area contributed by atoms with Gasteiger partial charge in [0.1, 0.15) is 11.5 Å². The van der Waals surface area contributed by atoms with E-state index in [9.17, 15) is 18.8 Å². The molecule has 0 saturated carbocycles. The molecule has 5 aromatic rings. The third-order valence-electron chi connectivity index (χ3n) is 5.91. The average molecular weight is 499 g/mol. The molecule has 0 atom stereocenters. The highest BCUT2D eigenvalue weighted by Crippen LogP contribution is 2.24. The molecule has 2 N–H and O–H groups in total. The second-order valence-corrected chi connectivity index (χ2v) is 8.48. The van der Waals surface area contributed by atoms with E-state index < -0.39 is 17.2 Å². The topological polar surface area (TPSA) is 115 Å². The highest BCUT2D eigenvalue weighted by atomic mass is 19.1. The summed E-state index contributed by atoms with van der Waals surface area (Å²) in [6.07, 6.45) is 3.83. The summed E-state index contributed by atoms with van der Waals surface area (Å²) in [6.45, 7) is 2.43. The quantitative estimate of drug-likeness (QED) is 0.357. The van der Waals surface area contributed by atoms with Crippen LogP contribution in [0.3, 0.4) is 0 Å². The second kappa shape index (κ2) is 10.0. The lowest BCUT2D eigenvalue weighted by atomic mass is 10.1. The third-order valence-corrected chi connectivity index (χ3v) is 5.91. The Balaban J connectivity index is 1.45. The minimum atomic E-state index is -0.600. The third kappa shape index (κ3) is 4.81. The zero-order valence-electron chi connectivity index (χ0n) is 19.9. The van der Waals surface area contributed by atoms with Gasteiger partial charge < -0.3 is 5.32 Å². The molecule has 186 valence electrons. The molecule has 37 heavy (non-hydrogen) atoms. The van der Waals surface area contributed by atoms with Crippen LogP contribution in [-0.2, 0) is 13.1 Å². The predicted octanol–water partition coefficient (Wildman–Crippen LogP) is 3.42. The van der Waals surface area contributed by atoms with Gasteiger partial charge in [-0.1, -0.05) is 25.1 Å². The van der Waals surface area contributed by atoms with Gasteiger partial charge in [0.25, 0.3) is 11.5 Å². The van der Waals surface area contributed by atoms with Gasteiger partial charge in [-0.25, -0.2) is 18.9 Å². The maximum atomic E-state index is 13.5. The Morgan fingerprint density at radius 1 is 1.08 bits per heavy atom. The van der Waals surface area contributed by atoms with E-state index in [1.807, 2.05) is 37.3 Å². The maximum Gasteiger partial charge on any atom is 0.329 e. The van der Waals surface area contributed by atoms with Crippen molar-refractivity contribution in [2.24, 2.45) is 0 Å². The van der Waals surface area contributed by atoms with Crippen LogP contribution < -0.4 is 16.6 Å². The van der Waals surface area contributed by atoms with Crippen molar-refractivity contribution in [1.29, 1.82) is 0 Å². The first-order chi connectivity index (χ1) is 17.9. The van der Waals surface area contributed by atoms with Crippen LogP contribution in [0.2, 0.25) is 0 Å². The van der Waals surface area contributed by atoms with Crippen molar-refractivity contribution in [3.63, 3.8) is 0 Å². The van der Waals surface area contributed by atoms with Crippen LogP contribution in [0.15, 0.2) is 82.6 Å². The van der Waals surface area contributed by atoms with Gasteiger partial charge >= 0.3 is 5.69 Å². The van der Waals surface area contributed by atoms with Crippen molar-refractivity contribution in [2.75, 3.05) is 0 Å². The second-order valence-electron chi connectivity index (χ2n) is 8.48. The molecule has 0 unspecified atom stereocenters. The van der Waals surface area contributed by atoms with Gasteiger partial charge in [-0.2, -0.15) is 5.10 Å². The van der Waals surface area contributed by atoms with Gasteiger partial charge in [-0.15, -0.1) is 0 Å². The van der Waals surface area contributed by atoms with E-state index in [0.29, 0.717) is 29.8 Å². The van der Waals surface area contributed by atoms with Crippen LogP contribution >= 0.6 is 0 Å². The summed E-state index contributed by atoms with van der Waals surface area (Å²) in [5, 5.41) is 7.68. The number of amides is 1. The minimum absolute atomic E-state index is 0.127. The first kappa shape index (κ1) is 23.9. The molecule has 5 rings (SSSR count). The molecule has 1 amide bonds. The molecule has 10 heteroatoms. The van der Waals surface area contributed by atoms with E-state index in [-0.39, 0.29) is 29.0 Å². The summed E-state index contributed by atoms with van der Waals surface area (Å²) in [4.78, 5) is 44.1. The number of para-hydroxylation sites is 1. The smallest absolute Gasteiger partial charge is 0.329 e. The summed E-state index contributed by atoms with van der Waals surface area (Å²) < 4.78 is 16.6. The first-order valence-corrected chi connectivity index (χ1v) is 11.8. The molecule has 0 aliphatic carbocycles. The van der Waals surface area contributed by atoms with E-state index in [1.54, 1.807) is 23.0 Å². The minimum Gasteiger partial charge on any atom is -0.348 e. The molecule has 3 heterocycles. The van der Waals surface area contributed by atoms with Crippen molar-refractivity contribution >= 4 is 16.9 Å². The summed E-state index contributed by atoms with van der Waals surface area (Å²) in [5.41, 5.74) is 2.12. The van der Waals surface area contributed by atoms with Gasteiger partial charge in [0.2, 0.25) is 0 Å². The molecule has 0 aliphatic heterocycles. The van der Waals surface area contributed by atoms with E-state index in [4.69, 9.17) is 0 Å². The molecule has 0 aliphatic rings. The highest BCUT2D eigenvalue weighted by molar-refractivity contribution is 5.96. The number of carbonyl (C=O) groups is 1. The first-order valence-electron chi connectivity index (χ1n) is 11.8. The highest BCUT2D eigenvalue weighted by Gasteiger charge is 2.16. The lowest BCUT2D eigenvalue weighted by Gasteiger charge is -2.09.